The number of rotatable bonds is 2. The summed E-state index contributed by atoms with van der Waals surface area (Å²) in [7, 11) is 10.5. The number of allylic oxidation sites excluding steroid dienone is 4. The van der Waals surface area contributed by atoms with E-state index in [4.69, 9.17) is 0 Å². The molecule has 111 valence electrons. The van der Waals surface area contributed by atoms with Crippen LogP contribution in [0.4, 0.5) is 0 Å². The van der Waals surface area contributed by atoms with Crippen molar-refractivity contribution in [2.75, 3.05) is 42.3 Å². The maximum absolute atomic E-state index is 3.50. The molecule has 0 unspecified atom stereocenters. The molecule has 0 aromatic rings. The van der Waals surface area contributed by atoms with Gasteiger partial charge in [0.25, 0.3) is 0 Å². The van der Waals surface area contributed by atoms with Gasteiger partial charge in [-0.25, -0.2) is 0 Å². The summed E-state index contributed by atoms with van der Waals surface area (Å²) in [6, 6.07) is 0. The Kier molecular flexibility index (Phi) is 23.4. The molecule has 0 aromatic heterocycles. The summed E-state index contributed by atoms with van der Waals surface area (Å²) in [5.41, 5.74) is 0. The van der Waals surface area contributed by atoms with E-state index in [0.717, 1.165) is 0 Å². The zero-order chi connectivity index (χ0) is 15.7. The molecular weight excluding hydrogens is 286 g/mol. The van der Waals surface area contributed by atoms with Crippen LogP contribution in [0.5, 0.6) is 0 Å². The van der Waals surface area contributed by atoms with Crippen molar-refractivity contribution in [1.29, 1.82) is 0 Å². The fourth-order valence-corrected chi connectivity index (χ4v) is 7.89. The SMILES string of the molecule is C[N-]C.C[N-]C.C[N-]C.C[Si](C)(C)[Ti+3][C]1=CC=CC1. The summed E-state index contributed by atoms with van der Waals surface area (Å²) in [6.45, 7) is 7.44. The van der Waals surface area contributed by atoms with E-state index in [1.165, 1.54) is 6.42 Å². The number of hydrogen-bond donors (Lipinski definition) is 0. The topological polar surface area (TPSA) is 42.3 Å². The number of hydrogen-bond acceptors (Lipinski definition) is 0. The van der Waals surface area contributed by atoms with Crippen LogP contribution >= 0.6 is 0 Å². The summed E-state index contributed by atoms with van der Waals surface area (Å²) in [5.74, 6) is -0.706. The first kappa shape index (κ1) is 24.3. The molecule has 3 nitrogen and oxygen atoms in total. The molecule has 0 saturated carbocycles. The van der Waals surface area contributed by atoms with Crippen molar-refractivity contribution in [1.82, 2.24) is 0 Å². The van der Waals surface area contributed by atoms with E-state index < -0.39 is 5.94 Å². The third kappa shape index (κ3) is 32.1. The first-order valence-corrected chi connectivity index (χ1v) is 13.0. The van der Waals surface area contributed by atoms with Crippen LogP contribution in [0.25, 0.3) is 16.0 Å². The van der Waals surface area contributed by atoms with Gasteiger partial charge in [0.1, 0.15) is 0 Å². The van der Waals surface area contributed by atoms with E-state index in [9.17, 15) is 0 Å². The van der Waals surface area contributed by atoms with Gasteiger partial charge in [0.05, 0.1) is 0 Å². The van der Waals surface area contributed by atoms with Gasteiger partial charge in [0, 0.05) is 0 Å². The van der Waals surface area contributed by atoms with Crippen LogP contribution in [0.2, 0.25) is 19.6 Å². The zero-order valence-electron chi connectivity index (χ0n) is 14.3. The van der Waals surface area contributed by atoms with E-state index in [-0.39, 0.29) is 18.4 Å². The molecule has 0 radical (unpaired) electrons. The molecular formula is C14H32N3SiTi. The van der Waals surface area contributed by atoms with Gasteiger partial charge in [-0.3, -0.25) is 0 Å². The van der Waals surface area contributed by atoms with Crippen LogP contribution in [0.15, 0.2) is 22.1 Å². The second-order valence-corrected chi connectivity index (χ2v) is 19.0. The van der Waals surface area contributed by atoms with Gasteiger partial charge in [-0.1, -0.05) is 0 Å². The predicted octanol–water partition coefficient (Wildman–Crippen LogP) is 4.61. The summed E-state index contributed by atoms with van der Waals surface area (Å²) in [4.78, 5) is 0. The summed E-state index contributed by atoms with van der Waals surface area (Å²) in [5, 5.41) is 10.5. The van der Waals surface area contributed by atoms with Crippen molar-refractivity contribution in [3.8, 4) is 0 Å². The fourth-order valence-electron chi connectivity index (χ4n) is 1.02. The molecule has 5 heteroatoms. The molecule has 0 N–H and O–H groups in total. The van der Waals surface area contributed by atoms with Crippen LogP contribution in [0.1, 0.15) is 6.42 Å². The Bertz CT molecular complexity index is 218. The zero-order valence-corrected chi connectivity index (χ0v) is 16.8. The molecule has 0 bridgehead atoms. The molecule has 0 fully saturated rings. The molecule has 0 amide bonds. The molecule has 1 aliphatic rings. The molecule has 19 heavy (non-hydrogen) atoms. The fraction of sp³-hybridized carbons (Fsp3) is 0.714. The molecule has 0 heterocycles. The number of nitrogens with zero attached hydrogens (tertiary/aromatic N) is 3. The van der Waals surface area contributed by atoms with E-state index in [0.29, 0.717) is 0 Å². The third-order valence-electron chi connectivity index (χ3n) is 1.31. The van der Waals surface area contributed by atoms with Gasteiger partial charge in [-0.05, 0) is 0 Å². The molecule has 0 aromatic carbocycles. The Morgan fingerprint density at radius 3 is 1.47 bits per heavy atom. The van der Waals surface area contributed by atoms with Crippen molar-refractivity contribution >= 4 is 5.94 Å². The normalized spacial score (nSPS) is 11.7. The Morgan fingerprint density at radius 1 is 0.895 bits per heavy atom. The first-order chi connectivity index (χ1) is 8.82. The molecule has 1 rings (SSSR count). The van der Waals surface area contributed by atoms with Gasteiger partial charge in [-0.15, -0.1) is 0 Å². The van der Waals surface area contributed by atoms with Gasteiger partial charge in [-0.2, -0.15) is 42.3 Å². The van der Waals surface area contributed by atoms with Crippen LogP contribution in [-0.4, -0.2) is 48.2 Å². The van der Waals surface area contributed by atoms with Crippen LogP contribution < -0.4 is 0 Å². The average molecular weight is 318 g/mol. The second kappa shape index (κ2) is 18.3. The Morgan fingerprint density at radius 2 is 1.26 bits per heavy atom. The molecule has 0 saturated heterocycles. The Hall–Kier alpha value is 0.291. The van der Waals surface area contributed by atoms with Gasteiger partial charge >= 0.3 is 72.5 Å². The van der Waals surface area contributed by atoms with Crippen molar-refractivity contribution in [2.24, 2.45) is 0 Å². The van der Waals surface area contributed by atoms with Gasteiger partial charge in [0.2, 0.25) is 0 Å². The van der Waals surface area contributed by atoms with Crippen molar-refractivity contribution < 1.29 is 18.4 Å². The van der Waals surface area contributed by atoms with E-state index in [1.807, 2.05) is 0 Å². The predicted molar refractivity (Wildman–Crippen MR) is 90.8 cm³/mol. The summed E-state index contributed by atoms with van der Waals surface area (Å²) in [6.07, 6.45) is 8.08. The summed E-state index contributed by atoms with van der Waals surface area (Å²) < 4.78 is 1.76. The van der Waals surface area contributed by atoms with Crippen LogP contribution in [0, 0.1) is 0 Å². The van der Waals surface area contributed by atoms with Crippen molar-refractivity contribution in [2.45, 2.75) is 26.1 Å². The maximum atomic E-state index is 3.50. The van der Waals surface area contributed by atoms with Gasteiger partial charge < -0.3 is 16.0 Å². The summed E-state index contributed by atoms with van der Waals surface area (Å²) >= 11 is 0.285. The minimum atomic E-state index is -0.706. The third-order valence-corrected chi connectivity index (χ3v) is 7.97. The molecule has 0 aliphatic heterocycles. The quantitative estimate of drug-likeness (QED) is 0.668. The Labute approximate surface area is 130 Å². The molecule has 1 aliphatic carbocycles. The van der Waals surface area contributed by atoms with Crippen LogP contribution in [0.3, 0.4) is 0 Å². The average Bonchev–Trinajstić information content (AvgIpc) is 2.71. The first-order valence-electron chi connectivity index (χ1n) is 6.40. The van der Waals surface area contributed by atoms with Gasteiger partial charge in [0.15, 0.2) is 0 Å². The molecule has 0 spiro atoms. The van der Waals surface area contributed by atoms with Crippen molar-refractivity contribution in [3.63, 3.8) is 0 Å². The van der Waals surface area contributed by atoms with E-state index in [2.05, 4.69) is 53.8 Å². The van der Waals surface area contributed by atoms with E-state index >= 15 is 0 Å². The van der Waals surface area contributed by atoms with Crippen molar-refractivity contribution in [3.05, 3.63) is 38.1 Å². The van der Waals surface area contributed by atoms with Crippen LogP contribution in [-0.2, 0) is 18.4 Å². The van der Waals surface area contributed by atoms with E-state index in [1.54, 1.807) is 46.2 Å². The Balaban J connectivity index is -0.000000238. The standard InChI is InChI=1S/C5H5.C3H9Si.3C2H6N.Ti/c1-2-4-5-3-1;1-4(2)3;3*1-3-2;/h1-3H,4H2;1-3H3;3*1-2H3;/q;;3*-1;+3. The molecule has 0 atom stereocenters. The minimum absolute atomic E-state index is 0.285. The monoisotopic (exact) mass is 318 g/mol. The second-order valence-electron chi connectivity index (χ2n) is 5.04.